The fourth-order valence-electron chi connectivity index (χ4n) is 2.72. The van der Waals surface area contributed by atoms with Crippen LogP contribution in [0.2, 0.25) is 10.0 Å². The van der Waals surface area contributed by atoms with E-state index in [0.717, 1.165) is 4.90 Å². The summed E-state index contributed by atoms with van der Waals surface area (Å²) in [6.45, 7) is 1.42. The van der Waals surface area contributed by atoms with Crippen LogP contribution in [0.15, 0.2) is 30.3 Å². The zero-order valence-electron chi connectivity index (χ0n) is 13.4. The van der Waals surface area contributed by atoms with Crippen molar-refractivity contribution in [2.45, 2.75) is 13.5 Å². The second-order valence-electron chi connectivity index (χ2n) is 5.59. The summed E-state index contributed by atoms with van der Waals surface area (Å²) < 4.78 is 5.27. The second kappa shape index (κ2) is 6.50. The Morgan fingerprint density at radius 3 is 2.08 bits per heavy atom. The molecule has 0 aromatic heterocycles. The van der Waals surface area contributed by atoms with Crippen LogP contribution in [0.4, 0.5) is 0 Å². The maximum atomic E-state index is 12.6. The molecule has 25 heavy (non-hydrogen) atoms. The third kappa shape index (κ3) is 3.01. The van der Waals surface area contributed by atoms with Crippen molar-refractivity contribution in [2.75, 3.05) is 7.11 Å². The zero-order chi connectivity index (χ0) is 18.3. The molecule has 0 saturated carbocycles. The first-order chi connectivity index (χ1) is 11.8. The number of ketones is 1. The lowest BCUT2D eigenvalue weighted by Crippen LogP contribution is -2.29. The highest BCUT2D eigenvalue weighted by atomic mass is 35.5. The minimum atomic E-state index is -0.464. The Hall–Kier alpha value is -2.37. The SMILES string of the molecule is COc1ccc(C(C)=O)cc1CN1C(=O)c2cc(Cl)c(Cl)cc2C1=O. The van der Waals surface area contributed by atoms with Crippen LogP contribution in [0.25, 0.3) is 0 Å². The Morgan fingerprint density at radius 2 is 1.60 bits per heavy atom. The van der Waals surface area contributed by atoms with Gasteiger partial charge in [0.15, 0.2) is 5.78 Å². The quantitative estimate of drug-likeness (QED) is 0.596. The molecular weight excluding hydrogens is 365 g/mol. The molecule has 7 heteroatoms. The number of methoxy groups -OCH3 is 1. The van der Waals surface area contributed by atoms with Gasteiger partial charge in [-0.15, -0.1) is 0 Å². The lowest BCUT2D eigenvalue weighted by atomic mass is 10.1. The number of carbonyl (C=O) groups excluding carboxylic acids is 3. The van der Waals surface area contributed by atoms with Gasteiger partial charge < -0.3 is 4.74 Å². The molecule has 0 aliphatic carbocycles. The Labute approximate surface area is 154 Å². The second-order valence-corrected chi connectivity index (χ2v) is 6.41. The number of Topliss-reactive ketones (excluding diaryl/α,β-unsaturated/α-hetero) is 1. The fraction of sp³-hybridized carbons (Fsp3) is 0.167. The lowest BCUT2D eigenvalue weighted by molar-refractivity contribution is 0.0641. The van der Waals surface area contributed by atoms with E-state index in [1.54, 1.807) is 18.2 Å². The first-order valence-electron chi connectivity index (χ1n) is 7.36. The minimum Gasteiger partial charge on any atom is -0.496 e. The third-order valence-corrected chi connectivity index (χ3v) is 4.75. The van der Waals surface area contributed by atoms with Crippen molar-refractivity contribution in [1.82, 2.24) is 4.90 Å². The predicted molar refractivity (Wildman–Crippen MR) is 93.7 cm³/mol. The maximum Gasteiger partial charge on any atom is 0.261 e. The molecule has 0 atom stereocenters. The number of carbonyl (C=O) groups is 3. The molecule has 0 unspecified atom stereocenters. The monoisotopic (exact) mass is 377 g/mol. The van der Waals surface area contributed by atoms with E-state index in [4.69, 9.17) is 27.9 Å². The van der Waals surface area contributed by atoms with Gasteiger partial charge in [-0.25, -0.2) is 0 Å². The number of nitrogens with zero attached hydrogens (tertiary/aromatic N) is 1. The van der Waals surface area contributed by atoms with Crippen molar-refractivity contribution in [2.24, 2.45) is 0 Å². The standard InChI is InChI=1S/C18H13Cl2NO4/c1-9(22)10-3-4-16(25-2)11(5-10)8-21-17(23)12-6-14(19)15(20)7-13(12)18(21)24/h3-7H,8H2,1-2H3. The van der Waals surface area contributed by atoms with Crippen molar-refractivity contribution in [1.29, 1.82) is 0 Å². The predicted octanol–water partition coefficient (Wildman–Crippen LogP) is 4.00. The number of hydrogen-bond acceptors (Lipinski definition) is 4. The van der Waals surface area contributed by atoms with Crippen molar-refractivity contribution in [3.8, 4) is 5.75 Å². The Balaban J connectivity index is 2.00. The average Bonchev–Trinajstić information content (AvgIpc) is 2.80. The first kappa shape index (κ1) is 17.5. The van der Waals surface area contributed by atoms with Crippen molar-refractivity contribution in [3.63, 3.8) is 0 Å². The van der Waals surface area contributed by atoms with Gasteiger partial charge in [-0.3, -0.25) is 19.3 Å². The Morgan fingerprint density at radius 1 is 1.04 bits per heavy atom. The van der Waals surface area contributed by atoms with Gasteiger partial charge in [0.1, 0.15) is 5.75 Å². The van der Waals surface area contributed by atoms with Crippen LogP contribution in [0.5, 0.6) is 5.75 Å². The van der Waals surface area contributed by atoms with Crippen molar-refractivity contribution in [3.05, 3.63) is 62.6 Å². The van der Waals surface area contributed by atoms with E-state index in [1.165, 1.54) is 26.2 Å². The van der Waals surface area contributed by atoms with E-state index in [1.807, 2.05) is 0 Å². The fourth-order valence-corrected chi connectivity index (χ4v) is 3.05. The van der Waals surface area contributed by atoms with Gasteiger partial charge in [0.05, 0.1) is 34.8 Å². The molecule has 0 radical (unpaired) electrons. The molecule has 1 heterocycles. The molecule has 3 rings (SSSR count). The summed E-state index contributed by atoms with van der Waals surface area (Å²) in [5.74, 6) is -0.565. The minimum absolute atomic E-state index is 0.0219. The molecule has 0 bridgehead atoms. The topological polar surface area (TPSA) is 63.7 Å². The molecule has 2 aromatic rings. The van der Waals surface area contributed by atoms with Crippen LogP contribution in [-0.2, 0) is 6.54 Å². The number of hydrogen-bond donors (Lipinski definition) is 0. The number of amides is 2. The number of fused-ring (bicyclic) bond motifs is 1. The Kier molecular flexibility index (Phi) is 4.54. The first-order valence-corrected chi connectivity index (χ1v) is 8.12. The van der Waals surface area contributed by atoms with Gasteiger partial charge in [-0.2, -0.15) is 0 Å². The molecule has 0 spiro atoms. The summed E-state index contributed by atoms with van der Waals surface area (Å²) in [5.41, 5.74) is 1.45. The molecule has 1 aliphatic rings. The van der Waals surface area contributed by atoms with E-state index in [9.17, 15) is 14.4 Å². The highest BCUT2D eigenvalue weighted by molar-refractivity contribution is 6.43. The van der Waals surface area contributed by atoms with Gasteiger partial charge in [0.2, 0.25) is 0 Å². The number of halogens is 2. The number of ether oxygens (including phenoxy) is 1. The highest BCUT2D eigenvalue weighted by Crippen LogP contribution is 2.33. The smallest absolute Gasteiger partial charge is 0.261 e. The third-order valence-electron chi connectivity index (χ3n) is 4.03. The van der Waals surface area contributed by atoms with Crippen molar-refractivity contribution < 1.29 is 19.1 Å². The van der Waals surface area contributed by atoms with E-state index < -0.39 is 11.8 Å². The van der Waals surface area contributed by atoms with Gasteiger partial charge >= 0.3 is 0 Å². The van der Waals surface area contributed by atoms with E-state index in [-0.39, 0.29) is 33.5 Å². The van der Waals surface area contributed by atoms with Gasteiger partial charge in [0, 0.05) is 11.1 Å². The van der Waals surface area contributed by atoms with E-state index in [2.05, 4.69) is 0 Å². The van der Waals surface area contributed by atoms with Crippen LogP contribution < -0.4 is 4.74 Å². The number of rotatable bonds is 4. The van der Waals surface area contributed by atoms with Crippen molar-refractivity contribution >= 4 is 40.8 Å². The van der Waals surface area contributed by atoms with Crippen LogP contribution in [0.1, 0.15) is 43.6 Å². The van der Waals surface area contributed by atoms with Crippen LogP contribution in [0, 0.1) is 0 Å². The maximum absolute atomic E-state index is 12.6. The van der Waals surface area contributed by atoms with Crippen LogP contribution >= 0.6 is 23.2 Å². The highest BCUT2D eigenvalue weighted by Gasteiger charge is 2.36. The molecule has 0 fully saturated rings. The zero-order valence-corrected chi connectivity index (χ0v) is 14.9. The molecule has 128 valence electrons. The largest absolute Gasteiger partial charge is 0.496 e. The molecule has 0 saturated heterocycles. The number of imide groups is 1. The summed E-state index contributed by atoms with van der Waals surface area (Å²) in [7, 11) is 1.48. The molecule has 2 amide bonds. The van der Waals surface area contributed by atoms with E-state index >= 15 is 0 Å². The molecule has 2 aromatic carbocycles. The summed E-state index contributed by atoms with van der Waals surface area (Å²) in [6, 6.07) is 7.67. The normalized spacial score (nSPS) is 13.2. The van der Waals surface area contributed by atoms with Crippen LogP contribution in [-0.4, -0.2) is 29.6 Å². The van der Waals surface area contributed by atoms with Crippen LogP contribution in [0.3, 0.4) is 0 Å². The summed E-state index contributed by atoms with van der Waals surface area (Å²) >= 11 is 11.9. The lowest BCUT2D eigenvalue weighted by Gasteiger charge is -2.16. The van der Waals surface area contributed by atoms with Gasteiger partial charge in [-0.05, 0) is 37.3 Å². The molecular formula is C18H13Cl2NO4. The molecule has 1 aliphatic heterocycles. The summed E-state index contributed by atoms with van der Waals surface area (Å²) in [6.07, 6.45) is 0. The van der Waals surface area contributed by atoms with Gasteiger partial charge in [-0.1, -0.05) is 23.2 Å². The van der Waals surface area contributed by atoms with E-state index in [0.29, 0.717) is 16.9 Å². The molecule has 5 nitrogen and oxygen atoms in total. The van der Waals surface area contributed by atoms with Gasteiger partial charge in [0.25, 0.3) is 11.8 Å². The number of benzene rings is 2. The average molecular weight is 378 g/mol. The Bertz CT molecular complexity index is 883. The summed E-state index contributed by atoms with van der Waals surface area (Å²) in [5, 5.41) is 0.416. The molecule has 0 N–H and O–H groups in total. The summed E-state index contributed by atoms with van der Waals surface area (Å²) in [4.78, 5) is 37.9.